The van der Waals surface area contributed by atoms with Gasteiger partial charge >= 0.3 is 0 Å². The average molecular weight is 351 g/mol. The van der Waals surface area contributed by atoms with E-state index in [9.17, 15) is 14.7 Å². The van der Waals surface area contributed by atoms with Gasteiger partial charge in [0.05, 0.1) is 32.7 Å². The van der Waals surface area contributed by atoms with E-state index in [1.165, 1.54) is 6.92 Å². The second-order valence-corrected chi connectivity index (χ2v) is 6.41. The van der Waals surface area contributed by atoms with Crippen molar-refractivity contribution >= 4 is 17.8 Å². The Hall–Kier alpha value is -2.26. The molecule has 1 aromatic heterocycles. The third-order valence-electron chi connectivity index (χ3n) is 4.15. The highest BCUT2D eigenvalue weighted by Crippen LogP contribution is 2.16. The molecular formula is C16H25N5O4. The van der Waals surface area contributed by atoms with Gasteiger partial charge in [0.25, 0.3) is 0 Å². The first-order valence-corrected chi connectivity index (χ1v) is 8.12. The van der Waals surface area contributed by atoms with E-state index in [-0.39, 0.29) is 43.9 Å². The molecule has 9 nitrogen and oxygen atoms in total. The number of nitrogens with one attached hydrogen (secondary N) is 1. The smallest absolute Gasteiger partial charge is 0.227 e. The van der Waals surface area contributed by atoms with Gasteiger partial charge in [-0.1, -0.05) is 0 Å². The van der Waals surface area contributed by atoms with Gasteiger partial charge in [0, 0.05) is 30.4 Å². The lowest BCUT2D eigenvalue weighted by Gasteiger charge is -2.31. The molecule has 1 fully saturated rings. The summed E-state index contributed by atoms with van der Waals surface area (Å²) in [5.74, 6) is -0.230. The lowest BCUT2D eigenvalue weighted by atomic mass is 10.0. The van der Waals surface area contributed by atoms with Gasteiger partial charge in [0.2, 0.25) is 17.8 Å². The van der Waals surface area contributed by atoms with Gasteiger partial charge in [-0.2, -0.15) is 0 Å². The van der Waals surface area contributed by atoms with E-state index < -0.39 is 5.60 Å². The van der Waals surface area contributed by atoms with Gasteiger partial charge in [-0.05, 0) is 13.8 Å². The number of aliphatic hydroxyl groups is 1. The maximum absolute atomic E-state index is 12.7. The maximum Gasteiger partial charge on any atom is 0.227 e. The first kappa shape index (κ1) is 19.1. The summed E-state index contributed by atoms with van der Waals surface area (Å²) in [4.78, 5) is 33.6. The Bertz CT molecular complexity index is 643. The van der Waals surface area contributed by atoms with Gasteiger partial charge in [-0.15, -0.1) is 0 Å². The van der Waals surface area contributed by atoms with Gasteiger partial charge in [-0.25, -0.2) is 9.97 Å². The number of nitrogens with two attached hydrogens (primary N) is 1. The first-order valence-electron chi connectivity index (χ1n) is 8.12. The molecule has 0 saturated carbocycles. The molecule has 1 aromatic rings. The van der Waals surface area contributed by atoms with Crippen LogP contribution in [0.4, 0.5) is 5.95 Å². The molecule has 2 rings (SSSR count). The Morgan fingerprint density at radius 2 is 2.00 bits per heavy atom. The molecule has 0 radical (unpaired) electrons. The fourth-order valence-corrected chi connectivity index (χ4v) is 2.81. The molecule has 4 N–H and O–H groups in total. The van der Waals surface area contributed by atoms with E-state index in [1.54, 1.807) is 18.7 Å². The van der Waals surface area contributed by atoms with Crippen LogP contribution in [0.15, 0.2) is 0 Å². The highest BCUT2D eigenvalue weighted by molar-refractivity contribution is 5.79. The Kier molecular flexibility index (Phi) is 5.91. The number of nitrogen functional groups attached to an aromatic ring is 1. The van der Waals surface area contributed by atoms with Gasteiger partial charge in [0.1, 0.15) is 5.60 Å². The van der Waals surface area contributed by atoms with Crippen LogP contribution in [0, 0.1) is 13.8 Å². The van der Waals surface area contributed by atoms with Crippen LogP contribution < -0.4 is 11.1 Å². The van der Waals surface area contributed by atoms with Crippen LogP contribution in [0.3, 0.4) is 0 Å². The SMILES string of the molecule is CC(=O)NCC1(O)COCCN(C(=O)Cc2c(C)nc(N)nc2C)C1. The molecule has 1 aliphatic heterocycles. The van der Waals surface area contributed by atoms with Crippen molar-refractivity contribution in [2.75, 3.05) is 38.6 Å². The van der Waals surface area contributed by atoms with Crippen LogP contribution >= 0.6 is 0 Å². The van der Waals surface area contributed by atoms with Gasteiger partial charge in [0.15, 0.2) is 0 Å². The molecule has 2 heterocycles. The van der Waals surface area contributed by atoms with Crippen LogP contribution in [0.1, 0.15) is 23.9 Å². The number of aromatic nitrogens is 2. The Balaban J connectivity index is 2.11. The molecule has 9 heteroatoms. The number of carbonyl (C=O) groups excluding carboxylic acids is 2. The summed E-state index contributed by atoms with van der Waals surface area (Å²) in [5.41, 5.74) is 6.36. The van der Waals surface area contributed by atoms with Crippen molar-refractivity contribution in [1.82, 2.24) is 20.2 Å². The molecule has 1 atom stereocenters. The van der Waals surface area contributed by atoms with Gasteiger partial charge < -0.3 is 25.8 Å². The summed E-state index contributed by atoms with van der Waals surface area (Å²) >= 11 is 0. The van der Waals surface area contributed by atoms with Crippen molar-refractivity contribution in [3.05, 3.63) is 17.0 Å². The molecule has 138 valence electrons. The quantitative estimate of drug-likeness (QED) is 0.630. The zero-order chi connectivity index (χ0) is 18.6. The van der Waals surface area contributed by atoms with Crippen molar-refractivity contribution in [2.45, 2.75) is 32.8 Å². The summed E-state index contributed by atoms with van der Waals surface area (Å²) in [6.45, 7) is 5.80. The van der Waals surface area contributed by atoms with Crippen molar-refractivity contribution in [3.8, 4) is 0 Å². The molecule has 1 aliphatic rings. The fourth-order valence-electron chi connectivity index (χ4n) is 2.81. The number of nitrogens with zero attached hydrogens (tertiary/aromatic N) is 3. The molecule has 0 bridgehead atoms. The monoisotopic (exact) mass is 351 g/mol. The number of hydrogen-bond donors (Lipinski definition) is 3. The summed E-state index contributed by atoms with van der Waals surface area (Å²) < 4.78 is 5.40. The molecule has 25 heavy (non-hydrogen) atoms. The second kappa shape index (κ2) is 7.75. The van der Waals surface area contributed by atoms with Crippen LogP contribution in [-0.4, -0.2) is 70.2 Å². The molecule has 0 aliphatic carbocycles. The fraction of sp³-hybridized carbons (Fsp3) is 0.625. The number of amides is 2. The minimum Gasteiger partial charge on any atom is -0.384 e. The van der Waals surface area contributed by atoms with E-state index >= 15 is 0 Å². The first-order chi connectivity index (χ1) is 11.7. The summed E-state index contributed by atoms with van der Waals surface area (Å²) in [5, 5.41) is 13.2. The Labute approximate surface area is 146 Å². The largest absolute Gasteiger partial charge is 0.384 e. The molecule has 0 aromatic carbocycles. The average Bonchev–Trinajstić information content (AvgIpc) is 2.71. The predicted octanol–water partition coefficient (Wildman–Crippen LogP) is -1.06. The van der Waals surface area contributed by atoms with Crippen LogP contribution in [0.5, 0.6) is 0 Å². The number of hydrogen-bond acceptors (Lipinski definition) is 7. The summed E-state index contributed by atoms with van der Waals surface area (Å²) in [6, 6.07) is 0. The van der Waals surface area contributed by atoms with Crippen molar-refractivity contribution < 1.29 is 19.4 Å². The lowest BCUT2D eigenvalue weighted by molar-refractivity contribution is -0.133. The molecule has 2 amide bonds. The second-order valence-electron chi connectivity index (χ2n) is 6.41. The summed E-state index contributed by atoms with van der Waals surface area (Å²) in [7, 11) is 0. The number of carbonyl (C=O) groups is 2. The number of ether oxygens (including phenoxy) is 1. The predicted molar refractivity (Wildman–Crippen MR) is 90.7 cm³/mol. The number of anilines is 1. The van der Waals surface area contributed by atoms with E-state index in [4.69, 9.17) is 10.5 Å². The normalized spacial score (nSPS) is 20.9. The van der Waals surface area contributed by atoms with Crippen molar-refractivity contribution in [2.24, 2.45) is 0 Å². The van der Waals surface area contributed by atoms with Crippen molar-refractivity contribution in [3.63, 3.8) is 0 Å². The Morgan fingerprint density at radius 3 is 2.60 bits per heavy atom. The maximum atomic E-state index is 12.7. The minimum atomic E-state index is -1.32. The highest BCUT2D eigenvalue weighted by atomic mass is 16.5. The van der Waals surface area contributed by atoms with Gasteiger partial charge in [-0.3, -0.25) is 9.59 Å². The standard InChI is InChI=1S/C16H25N5O4/c1-10-13(11(2)20-15(17)19-10)6-14(23)21-4-5-25-9-16(24,8-21)7-18-12(3)22/h24H,4-9H2,1-3H3,(H,18,22)(H2,17,19,20). The number of aryl methyl sites for hydroxylation is 2. The highest BCUT2D eigenvalue weighted by Gasteiger charge is 2.34. The van der Waals surface area contributed by atoms with E-state index in [2.05, 4.69) is 15.3 Å². The van der Waals surface area contributed by atoms with Crippen LogP contribution in [0.25, 0.3) is 0 Å². The van der Waals surface area contributed by atoms with E-state index in [0.29, 0.717) is 24.5 Å². The topological polar surface area (TPSA) is 131 Å². The van der Waals surface area contributed by atoms with E-state index in [0.717, 1.165) is 5.56 Å². The zero-order valence-corrected chi connectivity index (χ0v) is 14.8. The zero-order valence-electron chi connectivity index (χ0n) is 14.8. The van der Waals surface area contributed by atoms with Crippen molar-refractivity contribution in [1.29, 1.82) is 0 Å². The van der Waals surface area contributed by atoms with Crippen LogP contribution in [0.2, 0.25) is 0 Å². The summed E-state index contributed by atoms with van der Waals surface area (Å²) in [6.07, 6.45) is 0.119. The number of rotatable bonds is 4. The van der Waals surface area contributed by atoms with Crippen LogP contribution in [-0.2, 0) is 20.7 Å². The molecule has 1 unspecified atom stereocenters. The minimum absolute atomic E-state index is 0.0230. The third-order valence-corrected chi connectivity index (χ3v) is 4.15. The third kappa shape index (κ3) is 5.10. The molecular weight excluding hydrogens is 326 g/mol. The lowest BCUT2D eigenvalue weighted by Crippen LogP contribution is -2.53. The molecule has 1 saturated heterocycles. The molecule has 0 spiro atoms. The Morgan fingerprint density at radius 1 is 1.36 bits per heavy atom. The van der Waals surface area contributed by atoms with E-state index in [1.807, 2.05) is 0 Å². The number of β-amino-alcohol motifs (C(OH)–C–C–N with tert-alkyl or cyclic N) is 1.